The second-order valence-corrected chi connectivity index (χ2v) is 3.39. The molecule has 1 aliphatic heterocycles. The molecule has 74 valence electrons. The van der Waals surface area contributed by atoms with Gasteiger partial charge in [-0.3, -0.25) is 9.69 Å². The highest BCUT2D eigenvalue weighted by Gasteiger charge is 2.48. The standard InChI is InChI=1S/C8H14N2O2S/c1-3-8(5-13)6(11)10(4-2)7(12)9-8/h13H,3-5H2,1-2H3,(H,9,12). The third-order valence-corrected chi connectivity index (χ3v) is 2.98. The molecule has 13 heavy (non-hydrogen) atoms. The minimum Gasteiger partial charge on any atom is -0.322 e. The van der Waals surface area contributed by atoms with E-state index in [2.05, 4.69) is 17.9 Å². The summed E-state index contributed by atoms with van der Waals surface area (Å²) in [6.45, 7) is 4.06. The Labute approximate surface area is 83.1 Å². The van der Waals surface area contributed by atoms with E-state index in [1.165, 1.54) is 4.90 Å². The van der Waals surface area contributed by atoms with Gasteiger partial charge in [0.2, 0.25) is 0 Å². The molecule has 0 radical (unpaired) electrons. The molecule has 1 unspecified atom stereocenters. The van der Waals surface area contributed by atoms with Crippen molar-refractivity contribution in [3.8, 4) is 0 Å². The molecule has 4 nitrogen and oxygen atoms in total. The van der Waals surface area contributed by atoms with Crippen LogP contribution < -0.4 is 5.32 Å². The highest BCUT2D eigenvalue weighted by atomic mass is 32.1. The molecule has 1 saturated heterocycles. The van der Waals surface area contributed by atoms with Crippen LogP contribution in [0.25, 0.3) is 0 Å². The van der Waals surface area contributed by atoms with Crippen molar-refractivity contribution < 1.29 is 9.59 Å². The summed E-state index contributed by atoms with van der Waals surface area (Å²) in [5.74, 6) is 0.197. The Balaban J connectivity index is 2.94. The van der Waals surface area contributed by atoms with Gasteiger partial charge in [0.25, 0.3) is 5.91 Å². The van der Waals surface area contributed by atoms with Crippen LogP contribution in [-0.4, -0.2) is 34.7 Å². The first-order chi connectivity index (χ1) is 6.11. The van der Waals surface area contributed by atoms with Crippen LogP contribution >= 0.6 is 12.6 Å². The molecule has 0 bridgehead atoms. The number of hydrogen-bond acceptors (Lipinski definition) is 3. The molecular weight excluding hydrogens is 188 g/mol. The van der Waals surface area contributed by atoms with Crippen LogP contribution in [-0.2, 0) is 4.79 Å². The molecule has 0 spiro atoms. The number of rotatable bonds is 3. The van der Waals surface area contributed by atoms with Gasteiger partial charge < -0.3 is 5.32 Å². The molecule has 0 saturated carbocycles. The number of carbonyl (C=O) groups is 2. The minimum atomic E-state index is -0.768. The zero-order valence-corrected chi connectivity index (χ0v) is 8.73. The van der Waals surface area contributed by atoms with Crippen molar-refractivity contribution in [2.45, 2.75) is 25.8 Å². The number of carbonyl (C=O) groups excluding carboxylic acids is 2. The highest BCUT2D eigenvalue weighted by Crippen LogP contribution is 2.22. The van der Waals surface area contributed by atoms with E-state index in [1.807, 2.05) is 6.92 Å². The van der Waals surface area contributed by atoms with Crippen molar-refractivity contribution in [2.75, 3.05) is 12.3 Å². The average molecular weight is 202 g/mol. The monoisotopic (exact) mass is 202 g/mol. The lowest BCUT2D eigenvalue weighted by atomic mass is 9.99. The van der Waals surface area contributed by atoms with Crippen LogP contribution in [0.1, 0.15) is 20.3 Å². The summed E-state index contributed by atoms with van der Waals surface area (Å²) in [5.41, 5.74) is -0.768. The number of nitrogens with one attached hydrogen (secondary N) is 1. The fourth-order valence-electron chi connectivity index (χ4n) is 1.42. The van der Waals surface area contributed by atoms with Crippen LogP contribution in [0.3, 0.4) is 0 Å². The maximum Gasteiger partial charge on any atom is 0.325 e. The quantitative estimate of drug-likeness (QED) is 0.521. The first-order valence-corrected chi connectivity index (χ1v) is 4.99. The first-order valence-electron chi connectivity index (χ1n) is 4.36. The molecule has 1 atom stereocenters. The van der Waals surface area contributed by atoms with Crippen LogP contribution in [0.2, 0.25) is 0 Å². The third kappa shape index (κ3) is 1.41. The van der Waals surface area contributed by atoms with Crippen LogP contribution in [0.4, 0.5) is 4.79 Å². The number of likely N-dealkylation sites (N-methyl/N-ethyl adjacent to an activating group) is 1. The minimum absolute atomic E-state index is 0.155. The third-order valence-electron chi connectivity index (χ3n) is 2.44. The highest BCUT2D eigenvalue weighted by molar-refractivity contribution is 7.80. The number of imide groups is 1. The van der Waals surface area contributed by atoms with Crippen LogP contribution in [0, 0.1) is 0 Å². The molecular formula is C8H14N2O2S. The maximum atomic E-state index is 11.7. The van der Waals surface area contributed by atoms with Gasteiger partial charge in [0.1, 0.15) is 5.54 Å². The molecule has 0 aliphatic carbocycles. The molecule has 1 fully saturated rings. The fraction of sp³-hybridized carbons (Fsp3) is 0.750. The second kappa shape index (κ2) is 3.57. The Bertz CT molecular complexity index is 238. The summed E-state index contributed by atoms with van der Waals surface area (Å²) < 4.78 is 0. The summed E-state index contributed by atoms with van der Waals surface area (Å²) in [4.78, 5) is 24.3. The van der Waals surface area contributed by atoms with Crippen molar-refractivity contribution in [2.24, 2.45) is 0 Å². The van der Waals surface area contributed by atoms with Crippen LogP contribution in [0.15, 0.2) is 0 Å². The Morgan fingerprint density at radius 3 is 2.31 bits per heavy atom. The van der Waals surface area contributed by atoms with Crippen molar-refractivity contribution in [1.29, 1.82) is 0 Å². The van der Waals surface area contributed by atoms with E-state index in [1.54, 1.807) is 6.92 Å². The Morgan fingerprint density at radius 2 is 2.08 bits per heavy atom. The molecule has 1 aliphatic rings. The lowest BCUT2D eigenvalue weighted by Crippen LogP contribution is -2.48. The summed E-state index contributed by atoms with van der Waals surface area (Å²) in [5, 5.41) is 2.68. The molecule has 1 heterocycles. The Kier molecular flexibility index (Phi) is 2.85. The van der Waals surface area contributed by atoms with Gasteiger partial charge in [-0.1, -0.05) is 6.92 Å². The van der Waals surface area contributed by atoms with Gasteiger partial charge in [-0.25, -0.2) is 4.79 Å². The topological polar surface area (TPSA) is 49.4 Å². The normalized spacial score (nSPS) is 28.1. The zero-order valence-electron chi connectivity index (χ0n) is 7.83. The predicted octanol–water partition coefficient (Wildman–Crippen LogP) is 0.637. The molecule has 0 aromatic rings. The van der Waals surface area contributed by atoms with E-state index < -0.39 is 5.54 Å². The van der Waals surface area contributed by atoms with E-state index in [0.717, 1.165) is 0 Å². The van der Waals surface area contributed by atoms with Gasteiger partial charge in [0.15, 0.2) is 0 Å². The van der Waals surface area contributed by atoms with E-state index in [0.29, 0.717) is 18.7 Å². The van der Waals surface area contributed by atoms with Crippen molar-refractivity contribution in [1.82, 2.24) is 10.2 Å². The van der Waals surface area contributed by atoms with Gasteiger partial charge in [-0.05, 0) is 13.3 Å². The summed E-state index contributed by atoms with van der Waals surface area (Å²) in [6.07, 6.45) is 0.581. The predicted molar refractivity (Wildman–Crippen MR) is 52.8 cm³/mol. The maximum absolute atomic E-state index is 11.7. The number of thiol groups is 1. The fourth-order valence-corrected chi connectivity index (χ4v) is 1.86. The lowest BCUT2D eigenvalue weighted by molar-refractivity contribution is -0.130. The van der Waals surface area contributed by atoms with Gasteiger partial charge in [0, 0.05) is 12.3 Å². The van der Waals surface area contributed by atoms with Gasteiger partial charge in [0.05, 0.1) is 0 Å². The zero-order chi connectivity index (χ0) is 10.1. The Morgan fingerprint density at radius 1 is 1.46 bits per heavy atom. The molecule has 1 N–H and O–H groups in total. The summed E-state index contributed by atoms with van der Waals surface area (Å²) in [6, 6.07) is -0.302. The average Bonchev–Trinajstić information content (AvgIpc) is 2.38. The van der Waals surface area contributed by atoms with Crippen molar-refractivity contribution in [3.63, 3.8) is 0 Å². The second-order valence-electron chi connectivity index (χ2n) is 3.07. The molecule has 1 rings (SSSR count). The van der Waals surface area contributed by atoms with Crippen molar-refractivity contribution >= 4 is 24.6 Å². The number of amides is 3. The van der Waals surface area contributed by atoms with Crippen molar-refractivity contribution in [3.05, 3.63) is 0 Å². The van der Waals surface area contributed by atoms with Gasteiger partial charge in [-0.2, -0.15) is 12.6 Å². The molecule has 0 aromatic carbocycles. The van der Waals surface area contributed by atoms with Crippen LogP contribution in [0.5, 0.6) is 0 Å². The van der Waals surface area contributed by atoms with E-state index in [-0.39, 0.29) is 11.9 Å². The summed E-state index contributed by atoms with van der Waals surface area (Å²) in [7, 11) is 0. The van der Waals surface area contributed by atoms with Gasteiger partial charge >= 0.3 is 6.03 Å². The smallest absolute Gasteiger partial charge is 0.322 e. The molecule has 0 aromatic heterocycles. The lowest BCUT2D eigenvalue weighted by Gasteiger charge is -2.22. The number of nitrogens with zero attached hydrogens (tertiary/aromatic N) is 1. The number of hydrogen-bond donors (Lipinski definition) is 2. The largest absolute Gasteiger partial charge is 0.325 e. The van der Waals surface area contributed by atoms with E-state index in [4.69, 9.17) is 0 Å². The first kappa shape index (κ1) is 10.4. The number of urea groups is 1. The Hall–Kier alpha value is -0.710. The molecule has 5 heteroatoms. The van der Waals surface area contributed by atoms with Gasteiger partial charge in [-0.15, -0.1) is 0 Å². The van der Waals surface area contributed by atoms with E-state index in [9.17, 15) is 9.59 Å². The van der Waals surface area contributed by atoms with E-state index >= 15 is 0 Å². The summed E-state index contributed by atoms with van der Waals surface area (Å²) >= 11 is 4.10. The SMILES string of the molecule is CCN1C(=O)NC(CC)(CS)C1=O. The molecule has 3 amide bonds.